The Bertz CT molecular complexity index is 606. The van der Waals surface area contributed by atoms with Crippen LogP contribution in [0.3, 0.4) is 0 Å². The molecule has 0 saturated carbocycles. The lowest BCUT2D eigenvalue weighted by atomic mass is 10.1. The Morgan fingerprint density at radius 1 is 1.41 bits per heavy atom. The number of carbonyl (C=O) groups excluding carboxylic acids is 2. The van der Waals surface area contributed by atoms with Crippen molar-refractivity contribution in [2.24, 2.45) is 0 Å². The molecule has 0 bridgehead atoms. The summed E-state index contributed by atoms with van der Waals surface area (Å²) in [5.41, 5.74) is 0.851. The summed E-state index contributed by atoms with van der Waals surface area (Å²) in [5, 5.41) is 14.1. The Hall–Kier alpha value is -2.28. The highest BCUT2D eigenvalue weighted by Gasteiger charge is 2.22. The number of hydrogen-bond acceptors (Lipinski definition) is 3. The number of nitrogens with one attached hydrogen (secondary N) is 2. The molecule has 3 N–H and O–H groups in total. The zero-order chi connectivity index (χ0) is 16.1. The molecule has 22 heavy (non-hydrogen) atoms. The lowest BCUT2D eigenvalue weighted by Crippen LogP contribution is -2.29. The van der Waals surface area contributed by atoms with Gasteiger partial charge in [0, 0.05) is 31.7 Å². The van der Waals surface area contributed by atoms with Gasteiger partial charge in [0.1, 0.15) is 0 Å². The van der Waals surface area contributed by atoms with Crippen molar-refractivity contribution in [2.45, 2.75) is 12.8 Å². The van der Waals surface area contributed by atoms with Gasteiger partial charge in [-0.05, 0) is 24.6 Å². The summed E-state index contributed by atoms with van der Waals surface area (Å²) in [7, 11) is 0. The molecule has 7 nitrogen and oxygen atoms in total. The number of nitrogens with zero attached hydrogens (tertiary/aromatic N) is 1. The molecule has 1 aliphatic rings. The second-order valence-corrected chi connectivity index (χ2v) is 5.21. The summed E-state index contributed by atoms with van der Waals surface area (Å²) in [4.78, 5) is 35.7. The molecule has 0 aromatic heterocycles. The Morgan fingerprint density at radius 2 is 2.18 bits per heavy atom. The highest BCUT2D eigenvalue weighted by molar-refractivity contribution is 6.34. The van der Waals surface area contributed by atoms with Crippen molar-refractivity contribution in [3.63, 3.8) is 0 Å². The summed E-state index contributed by atoms with van der Waals surface area (Å²) in [5.74, 6) is -1.30. The van der Waals surface area contributed by atoms with E-state index in [1.54, 1.807) is 18.2 Å². The fraction of sp³-hybridized carbons (Fsp3) is 0.357. The third kappa shape index (κ3) is 3.88. The van der Waals surface area contributed by atoms with Crippen molar-refractivity contribution in [2.75, 3.05) is 24.5 Å². The molecule has 1 aromatic carbocycles. The summed E-state index contributed by atoms with van der Waals surface area (Å²) >= 11 is 6.02. The number of carbonyl (C=O) groups is 3. The number of benzene rings is 1. The average molecular weight is 326 g/mol. The number of amides is 3. The monoisotopic (exact) mass is 325 g/mol. The molecule has 1 aromatic rings. The summed E-state index contributed by atoms with van der Waals surface area (Å²) < 4.78 is 0. The van der Waals surface area contributed by atoms with E-state index in [0.717, 1.165) is 0 Å². The van der Waals surface area contributed by atoms with E-state index in [0.29, 0.717) is 25.2 Å². The minimum atomic E-state index is -0.908. The van der Waals surface area contributed by atoms with Crippen LogP contribution in [0.5, 0.6) is 0 Å². The van der Waals surface area contributed by atoms with Crippen LogP contribution in [0.1, 0.15) is 23.2 Å². The highest BCUT2D eigenvalue weighted by Crippen LogP contribution is 2.24. The number of anilines is 1. The third-order valence-electron chi connectivity index (χ3n) is 3.22. The van der Waals surface area contributed by atoms with Crippen LogP contribution in [-0.4, -0.2) is 42.6 Å². The van der Waals surface area contributed by atoms with Gasteiger partial charge >= 0.3 is 12.0 Å². The quantitative estimate of drug-likeness (QED) is 0.690. The van der Waals surface area contributed by atoms with Crippen LogP contribution in [0.25, 0.3) is 0 Å². The largest absolute Gasteiger partial charge is 0.481 e. The van der Waals surface area contributed by atoms with Gasteiger partial charge in [0.15, 0.2) is 0 Å². The lowest BCUT2D eigenvalue weighted by molar-refractivity contribution is -0.137. The van der Waals surface area contributed by atoms with Crippen LogP contribution in [0.2, 0.25) is 5.02 Å². The minimum absolute atomic E-state index is 0.0119. The maximum absolute atomic E-state index is 12.1. The minimum Gasteiger partial charge on any atom is -0.481 e. The molecule has 8 heteroatoms. The first kappa shape index (κ1) is 16.1. The predicted octanol–water partition coefficient (Wildman–Crippen LogP) is 1.46. The van der Waals surface area contributed by atoms with E-state index in [1.165, 1.54) is 4.90 Å². The summed E-state index contributed by atoms with van der Waals surface area (Å²) in [6, 6.07) is 4.58. The van der Waals surface area contributed by atoms with Crippen LogP contribution in [-0.2, 0) is 4.79 Å². The fourth-order valence-electron chi connectivity index (χ4n) is 2.11. The molecule has 3 amide bonds. The molecule has 2 rings (SSSR count). The van der Waals surface area contributed by atoms with Gasteiger partial charge < -0.3 is 15.7 Å². The Morgan fingerprint density at radius 3 is 2.82 bits per heavy atom. The lowest BCUT2D eigenvalue weighted by Gasteiger charge is -2.16. The van der Waals surface area contributed by atoms with E-state index >= 15 is 0 Å². The van der Waals surface area contributed by atoms with Gasteiger partial charge in [-0.3, -0.25) is 14.5 Å². The number of carboxylic acids is 1. The van der Waals surface area contributed by atoms with Crippen molar-refractivity contribution in [1.82, 2.24) is 10.6 Å². The first-order chi connectivity index (χ1) is 10.5. The van der Waals surface area contributed by atoms with Crippen molar-refractivity contribution in [1.29, 1.82) is 0 Å². The van der Waals surface area contributed by atoms with E-state index in [4.69, 9.17) is 16.7 Å². The zero-order valence-electron chi connectivity index (χ0n) is 11.8. The Kier molecular flexibility index (Phi) is 5.21. The standard InChI is InChI=1S/C14H16ClN3O4/c15-11-4-3-9(18-7-6-17-14(18)22)8-10(11)13(21)16-5-1-2-12(19)20/h3-4,8H,1-2,5-7H2,(H,16,21)(H,17,22)(H,19,20). The number of aliphatic carboxylic acids is 1. The number of rotatable bonds is 6. The van der Waals surface area contributed by atoms with E-state index < -0.39 is 11.9 Å². The van der Waals surface area contributed by atoms with Crippen molar-refractivity contribution in [3.05, 3.63) is 28.8 Å². The van der Waals surface area contributed by atoms with E-state index in [9.17, 15) is 14.4 Å². The molecule has 1 fully saturated rings. The van der Waals surface area contributed by atoms with Crippen LogP contribution in [0.4, 0.5) is 10.5 Å². The zero-order valence-corrected chi connectivity index (χ0v) is 12.5. The molecular formula is C14H16ClN3O4. The smallest absolute Gasteiger partial charge is 0.321 e. The van der Waals surface area contributed by atoms with Crippen molar-refractivity contribution in [3.8, 4) is 0 Å². The maximum Gasteiger partial charge on any atom is 0.321 e. The van der Waals surface area contributed by atoms with Crippen LogP contribution < -0.4 is 15.5 Å². The Labute approximate surface area is 132 Å². The van der Waals surface area contributed by atoms with Gasteiger partial charge in [-0.1, -0.05) is 11.6 Å². The van der Waals surface area contributed by atoms with Gasteiger partial charge in [0.25, 0.3) is 5.91 Å². The molecule has 0 radical (unpaired) electrons. The van der Waals surface area contributed by atoms with Gasteiger partial charge in [0.2, 0.25) is 0 Å². The van der Waals surface area contributed by atoms with Crippen LogP contribution >= 0.6 is 11.6 Å². The van der Waals surface area contributed by atoms with E-state index in [1.807, 2.05) is 0 Å². The van der Waals surface area contributed by atoms with Gasteiger partial charge in [-0.25, -0.2) is 4.79 Å². The normalized spacial score (nSPS) is 13.9. The third-order valence-corrected chi connectivity index (χ3v) is 3.55. The number of carboxylic acid groups (broad SMARTS) is 1. The maximum atomic E-state index is 12.1. The number of urea groups is 1. The first-order valence-electron chi connectivity index (χ1n) is 6.84. The molecule has 0 unspecified atom stereocenters. The van der Waals surface area contributed by atoms with Crippen LogP contribution in [0, 0.1) is 0 Å². The Balaban J connectivity index is 2.04. The van der Waals surface area contributed by atoms with Crippen molar-refractivity contribution >= 4 is 35.2 Å². The molecule has 0 spiro atoms. The molecule has 1 saturated heterocycles. The van der Waals surface area contributed by atoms with Crippen LogP contribution in [0.15, 0.2) is 18.2 Å². The first-order valence-corrected chi connectivity index (χ1v) is 7.22. The predicted molar refractivity (Wildman–Crippen MR) is 81.4 cm³/mol. The average Bonchev–Trinajstić information content (AvgIpc) is 2.90. The van der Waals surface area contributed by atoms with E-state index in [-0.39, 0.29) is 29.6 Å². The number of halogens is 1. The molecule has 0 aliphatic carbocycles. The summed E-state index contributed by atoms with van der Waals surface area (Å²) in [6.07, 6.45) is 0.328. The van der Waals surface area contributed by atoms with E-state index in [2.05, 4.69) is 10.6 Å². The van der Waals surface area contributed by atoms with Gasteiger partial charge in [-0.2, -0.15) is 0 Å². The number of hydrogen-bond donors (Lipinski definition) is 3. The molecule has 1 aliphatic heterocycles. The van der Waals surface area contributed by atoms with Gasteiger partial charge in [0.05, 0.1) is 10.6 Å². The second-order valence-electron chi connectivity index (χ2n) is 4.80. The molecular weight excluding hydrogens is 310 g/mol. The second kappa shape index (κ2) is 7.13. The molecule has 118 valence electrons. The van der Waals surface area contributed by atoms with Gasteiger partial charge in [-0.15, -0.1) is 0 Å². The SMILES string of the molecule is O=C(O)CCCNC(=O)c1cc(N2CCNC2=O)ccc1Cl. The summed E-state index contributed by atoms with van der Waals surface area (Å²) in [6.45, 7) is 1.33. The topological polar surface area (TPSA) is 98.7 Å². The molecule has 0 atom stereocenters. The highest BCUT2D eigenvalue weighted by atomic mass is 35.5. The van der Waals surface area contributed by atoms with Crippen molar-refractivity contribution < 1.29 is 19.5 Å². The fourth-order valence-corrected chi connectivity index (χ4v) is 2.31. The molecule has 1 heterocycles.